The second kappa shape index (κ2) is 9.15. The summed E-state index contributed by atoms with van der Waals surface area (Å²) < 4.78 is 0. The first kappa shape index (κ1) is 16.2. The lowest BCUT2D eigenvalue weighted by atomic mass is 10.1. The van der Waals surface area contributed by atoms with E-state index >= 15 is 0 Å². The Kier molecular flexibility index (Phi) is 7.82. The molecule has 0 amide bonds. The Balaban J connectivity index is 2.32. The van der Waals surface area contributed by atoms with Gasteiger partial charge in [-0.05, 0) is 45.7 Å². The zero-order valence-corrected chi connectivity index (χ0v) is 13.3. The highest BCUT2D eigenvalue weighted by molar-refractivity contribution is 7.98. The fraction of sp³-hybridized carbons (Fsp3) is 0.714. The van der Waals surface area contributed by atoms with Gasteiger partial charge in [0.05, 0.1) is 0 Å². The highest BCUT2D eigenvalue weighted by atomic mass is 32.2. The second-order valence-corrected chi connectivity index (χ2v) is 5.49. The van der Waals surface area contributed by atoms with Gasteiger partial charge in [-0.1, -0.05) is 13.8 Å². The number of hydrogen-bond donors (Lipinski definition) is 1. The van der Waals surface area contributed by atoms with Crippen molar-refractivity contribution >= 4 is 17.6 Å². The summed E-state index contributed by atoms with van der Waals surface area (Å²) in [7, 11) is 0. The first-order valence-electron chi connectivity index (χ1n) is 7.04. The summed E-state index contributed by atoms with van der Waals surface area (Å²) in [5, 5.41) is 4.45. The highest BCUT2D eigenvalue weighted by Gasteiger charge is 2.05. The zero-order valence-electron chi connectivity index (χ0n) is 12.5. The number of aromatic nitrogens is 2. The summed E-state index contributed by atoms with van der Waals surface area (Å²) in [6, 6.07) is 2.45. The number of thioether (sulfide) groups is 1. The number of nitrogens with zero attached hydrogens (tertiary/aromatic N) is 3. The van der Waals surface area contributed by atoms with Crippen LogP contribution in [0.5, 0.6) is 0 Å². The van der Waals surface area contributed by atoms with Crippen molar-refractivity contribution in [1.29, 1.82) is 0 Å². The molecule has 1 aromatic rings. The van der Waals surface area contributed by atoms with Crippen molar-refractivity contribution in [2.75, 3.05) is 31.2 Å². The molecule has 0 spiro atoms. The van der Waals surface area contributed by atoms with Crippen LogP contribution in [0.4, 0.5) is 5.82 Å². The summed E-state index contributed by atoms with van der Waals surface area (Å²) >= 11 is 1.64. The molecule has 0 aliphatic heterocycles. The molecule has 108 valence electrons. The summed E-state index contributed by atoms with van der Waals surface area (Å²) in [5.41, 5.74) is 0. The summed E-state index contributed by atoms with van der Waals surface area (Å²) in [5.74, 6) is 0.926. The zero-order chi connectivity index (χ0) is 14.1. The predicted molar refractivity (Wildman–Crippen MR) is 83.9 cm³/mol. The first-order valence-corrected chi connectivity index (χ1v) is 8.27. The summed E-state index contributed by atoms with van der Waals surface area (Å²) in [6.07, 6.45) is 6.03. The van der Waals surface area contributed by atoms with Crippen LogP contribution >= 0.6 is 11.8 Å². The molecule has 0 bridgehead atoms. The van der Waals surface area contributed by atoms with E-state index in [9.17, 15) is 0 Å². The van der Waals surface area contributed by atoms with Crippen molar-refractivity contribution < 1.29 is 0 Å². The molecule has 0 radical (unpaired) electrons. The average Bonchev–Trinajstić information content (AvgIpc) is 2.44. The van der Waals surface area contributed by atoms with Crippen LogP contribution < -0.4 is 5.32 Å². The molecule has 1 rings (SSSR count). The van der Waals surface area contributed by atoms with Gasteiger partial charge in [-0.3, -0.25) is 0 Å². The van der Waals surface area contributed by atoms with E-state index in [1.54, 1.807) is 18.1 Å². The fourth-order valence-electron chi connectivity index (χ4n) is 2.02. The van der Waals surface area contributed by atoms with Crippen LogP contribution in [0.2, 0.25) is 0 Å². The van der Waals surface area contributed by atoms with Gasteiger partial charge in [-0.15, -0.1) is 11.8 Å². The van der Waals surface area contributed by atoms with Crippen LogP contribution in [0, 0.1) is 0 Å². The van der Waals surface area contributed by atoms with E-state index in [1.807, 2.05) is 12.3 Å². The van der Waals surface area contributed by atoms with Crippen LogP contribution in [0.15, 0.2) is 17.4 Å². The summed E-state index contributed by atoms with van der Waals surface area (Å²) in [6.45, 7) is 10.1. The van der Waals surface area contributed by atoms with E-state index in [-0.39, 0.29) is 0 Å². The minimum atomic E-state index is 0.445. The minimum Gasteiger partial charge on any atom is -0.367 e. The minimum absolute atomic E-state index is 0.445. The van der Waals surface area contributed by atoms with Gasteiger partial charge in [0.1, 0.15) is 17.2 Å². The molecule has 0 aromatic carbocycles. The van der Waals surface area contributed by atoms with Gasteiger partial charge in [0.25, 0.3) is 0 Å². The van der Waals surface area contributed by atoms with Crippen LogP contribution in [0.1, 0.15) is 33.6 Å². The summed E-state index contributed by atoms with van der Waals surface area (Å²) in [4.78, 5) is 10.9. The Bertz CT molecular complexity index is 355. The van der Waals surface area contributed by atoms with Crippen LogP contribution in [0.3, 0.4) is 0 Å². The predicted octanol–water partition coefficient (Wildman–Crippen LogP) is 3.12. The van der Waals surface area contributed by atoms with E-state index in [0.29, 0.717) is 6.04 Å². The van der Waals surface area contributed by atoms with Gasteiger partial charge < -0.3 is 10.2 Å². The Hall–Kier alpha value is -0.810. The second-order valence-electron chi connectivity index (χ2n) is 4.66. The molecule has 0 aliphatic rings. The van der Waals surface area contributed by atoms with E-state index in [4.69, 9.17) is 0 Å². The molecular formula is C14H26N4S. The molecule has 1 aromatic heterocycles. The normalized spacial score (nSPS) is 12.7. The smallest absolute Gasteiger partial charge is 0.130 e. The van der Waals surface area contributed by atoms with Gasteiger partial charge in [0, 0.05) is 12.1 Å². The van der Waals surface area contributed by atoms with Crippen LogP contribution in [-0.2, 0) is 0 Å². The maximum Gasteiger partial charge on any atom is 0.130 e. The number of rotatable bonds is 9. The van der Waals surface area contributed by atoms with Crippen molar-refractivity contribution in [2.45, 2.75) is 44.7 Å². The lowest BCUT2D eigenvalue weighted by Crippen LogP contribution is -2.25. The van der Waals surface area contributed by atoms with E-state index in [0.717, 1.165) is 30.4 Å². The molecule has 4 nitrogen and oxygen atoms in total. The van der Waals surface area contributed by atoms with Crippen molar-refractivity contribution in [2.24, 2.45) is 0 Å². The van der Waals surface area contributed by atoms with Crippen LogP contribution in [-0.4, -0.2) is 46.8 Å². The van der Waals surface area contributed by atoms with E-state index < -0.39 is 0 Å². The molecule has 0 aliphatic carbocycles. The molecule has 19 heavy (non-hydrogen) atoms. The van der Waals surface area contributed by atoms with Crippen molar-refractivity contribution in [3.05, 3.63) is 12.4 Å². The SMILES string of the molecule is CCN(CC)CCCC(C)Nc1cc(SC)ncn1. The first-order chi connectivity index (χ1) is 9.19. The molecule has 1 heterocycles. The molecule has 0 saturated heterocycles. The monoisotopic (exact) mass is 282 g/mol. The molecular weight excluding hydrogens is 256 g/mol. The fourth-order valence-corrected chi connectivity index (χ4v) is 2.40. The molecule has 1 atom stereocenters. The molecule has 1 unspecified atom stereocenters. The quantitative estimate of drug-likeness (QED) is 0.557. The van der Waals surface area contributed by atoms with E-state index in [1.165, 1.54) is 13.0 Å². The maximum absolute atomic E-state index is 4.26. The Morgan fingerprint density at radius 2 is 2.05 bits per heavy atom. The highest BCUT2D eigenvalue weighted by Crippen LogP contribution is 2.15. The number of nitrogens with one attached hydrogen (secondary N) is 1. The van der Waals surface area contributed by atoms with Crippen molar-refractivity contribution in [1.82, 2.24) is 14.9 Å². The van der Waals surface area contributed by atoms with Gasteiger partial charge >= 0.3 is 0 Å². The van der Waals surface area contributed by atoms with E-state index in [2.05, 4.69) is 41.0 Å². The van der Waals surface area contributed by atoms with Crippen LogP contribution in [0.25, 0.3) is 0 Å². The lowest BCUT2D eigenvalue weighted by molar-refractivity contribution is 0.295. The largest absolute Gasteiger partial charge is 0.367 e. The Labute approximate surface area is 121 Å². The molecule has 5 heteroatoms. The molecule has 0 fully saturated rings. The third kappa shape index (κ3) is 6.25. The van der Waals surface area contributed by atoms with Crippen molar-refractivity contribution in [3.63, 3.8) is 0 Å². The molecule has 1 N–H and O–H groups in total. The standard InChI is InChI=1S/C14H26N4S/c1-5-18(6-2)9-7-8-12(3)17-13-10-14(19-4)16-11-15-13/h10-12H,5-9H2,1-4H3,(H,15,16,17). The lowest BCUT2D eigenvalue weighted by Gasteiger charge is -2.20. The van der Waals surface area contributed by atoms with Crippen molar-refractivity contribution in [3.8, 4) is 0 Å². The maximum atomic E-state index is 4.26. The van der Waals surface area contributed by atoms with Gasteiger partial charge in [0.2, 0.25) is 0 Å². The topological polar surface area (TPSA) is 41.0 Å². The molecule has 0 saturated carbocycles. The number of hydrogen-bond acceptors (Lipinski definition) is 5. The van der Waals surface area contributed by atoms with Gasteiger partial charge in [0.15, 0.2) is 0 Å². The Morgan fingerprint density at radius 1 is 1.32 bits per heavy atom. The Morgan fingerprint density at radius 3 is 2.68 bits per heavy atom. The average molecular weight is 282 g/mol. The van der Waals surface area contributed by atoms with Gasteiger partial charge in [-0.2, -0.15) is 0 Å². The third-order valence-electron chi connectivity index (χ3n) is 3.25. The number of anilines is 1. The third-order valence-corrected chi connectivity index (χ3v) is 3.89. The van der Waals surface area contributed by atoms with Gasteiger partial charge in [-0.25, -0.2) is 9.97 Å².